The predicted octanol–water partition coefficient (Wildman–Crippen LogP) is -2.78. The van der Waals surface area contributed by atoms with Crippen molar-refractivity contribution >= 4 is 12.8 Å². The van der Waals surface area contributed by atoms with Crippen LogP contribution in [-0.2, 0) is 4.74 Å². The molecule has 0 saturated carbocycles. The van der Waals surface area contributed by atoms with E-state index in [0.717, 1.165) is 0 Å². The lowest BCUT2D eigenvalue weighted by molar-refractivity contribution is -0.230. The molecular formula is C6H13NO5S. The average Bonchev–Trinajstić information content (AvgIpc) is 2.15. The molecule has 5 atom stereocenters. The van der Waals surface area contributed by atoms with Crippen LogP contribution in [0.3, 0.4) is 0 Å². The summed E-state index contributed by atoms with van der Waals surface area (Å²) < 4.78 is 7.29. The molecule has 0 radical (unpaired) electrons. The fourth-order valence-electron chi connectivity index (χ4n) is 1.21. The molecule has 1 aliphatic heterocycles. The van der Waals surface area contributed by atoms with E-state index in [1.165, 1.54) is 0 Å². The maximum atomic E-state index is 9.29. The van der Waals surface area contributed by atoms with Crippen LogP contribution in [0.2, 0.25) is 0 Å². The normalized spacial score (nSPS) is 46.4. The average molecular weight is 211 g/mol. The van der Waals surface area contributed by atoms with Crippen molar-refractivity contribution < 1.29 is 25.2 Å². The quantitative estimate of drug-likeness (QED) is 0.276. The van der Waals surface area contributed by atoms with Gasteiger partial charge in [0.1, 0.15) is 30.6 Å². The number of thiol groups is 1. The van der Waals surface area contributed by atoms with Crippen LogP contribution in [0, 0.1) is 0 Å². The summed E-state index contributed by atoms with van der Waals surface area (Å²) in [5.41, 5.74) is 0. The molecule has 78 valence electrons. The zero-order valence-electron chi connectivity index (χ0n) is 6.74. The molecule has 1 saturated heterocycles. The molecule has 0 unspecified atom stereocenters. The highest BCUT2D eigenvalue weighted by atomic mass is 32.1. The Hall–Kier alpha value is 0.110. The third-order valence-electron chi connectivity index (χ3n) is 2.02. The number of hydrogen-bond acceptors (Lipinski definition) is 7. The number of ether oxygens (including phenoxy) is 1. The van der Waals surface area contributed by atoms with Gasteiger partial charge in [-0.1, -0.05) is 12.8 Å². The van der Waals surface area contributed by atoms with E-state index in [1.807, 2.05) is 0 Å². The number of rotatable bonds is 2. The topological polar surface area (TPSA) is 102 Å². The Bertz CT molecular complexity index is 151. The molecular weight excluding hydrogens is 198 g/mol. The first-order valence-electron chi connectivity index (χ1n) is 3.82. The molecule has 1 heterocycles. The number of aliphatic hydroxyl groups excluding tert-OH is 4. The second kappa shape index (κ2) is 4.56. The molecule has 6 nitrogen and oxygen atoms in total. The lowest BCUT2D eigenvalue weighted by Gasteiger charge is -2.39. The summed E-state index contributed by atoms with van der Waals surface area (Å²) in [5, 5.41) is 36.6. The van der Waals surface area contributed by atoms with E-state index >= 15 is 0 Å². The van der Waals surface area contributed by atoms with E-state index in [4.69, 9.17) is 9.84 Å². The van der Waals surface area contributed by atoms with Crippen LogP contribution in [0.1, 0.15) is 0 Å². The third kappa shape index (κ3) is 2.13. The molecule has 1 aliphatic rings. The summed E-state index contributed by atoms with van der Waals surface area (Å²) in [6.07, 6.45) is -5.73. The van der Waals surface area contributed by atoms with Crippen molar-refractivity contribution in [1.29, 1.82) is 0 Å². The van der Waals surface area contributed by atoms with Crippen LogP contribution in [0.15, 0.2) is 0 Å². The maximum absolute atomic E-state index is 9.29. The Morgan fingerprint density at radius 3 is 2.23 bits per heavy atom. The molecule has 0 bridgehead atoms. The Kier molecular flexibility index (Phi) is 3.92. The minimum absolute atomic E-state index is 0.434. The lowest BCUT2D eigenvalue weighted by Crippen LogP contribution is -2.61. The second-order valence-electron chi connectivity index (χ2n) is 2.88. The molecule has 5 N–H and O–H groups in total. The molecule has 0 amide bonds. The van der Waals surface area contributed by atoms with E-state index in [2.05, 4.69) is 17.5 Å². The largest absolute Gasteiger partial charge is 0.394 e. The van der Waals surface area contributed by atoms with Crippen LogP contribution < -0.4 is 4.72 Å². The molecule has 0 aromatic rings. The van der Waals surface area contributed by atoms with Crippen molar-refractivity contribution in [2.75, 3.05) is 6.61 Å². The van der Waals surface area contributed by atoms with Gasteiger partial charge in [-0.3, -0.25) is 0 Å². The number of aliphatic hydroxyl groups is 4. The van der Waals surface area contributed by atoms with Crippen LogP contribution >= 0.6 is 12.8 Å². The Morgan fingerprint density at radius 2 is 1.77 bits per heavy atom. The van der Waals surface area contributed by atoms with E-state index in [-0.39, 0.29) is 0 Å². The van der Waals surface area contributed by atoms with Gasteiger partial charge >= 0.3 is 0 Å². The summed E-state index contributed by atoms with van der Waals surface area (Å²) >= 11 is 3.66. The van der Waals surface area contributed by atoms with Crippen LogP contribution in [-0.4, -0.2) is 57.7 Å². The van der Waals surface area contributed by atoms with Gasteiger partial charge in [0.15, 0.2) is 0 Å². The molecule has 0 aromatic carbocycles. The highest BCUT2D eigenvalue weighted by molar-refractivity contribution is 7.78. The van der Waals surface area contributed by atoms with Crippen molar-refractivity contribution in [1.82, 2.24) is 4.72 Å². The van der Waals surface area contributed by atoms with Gasteiger partial charge < -0.3 is 25.2 Å². The Balaban J connectivity index is 2.66. The van der Waals surface area contributed by atoms with Gasteiger partial charge in [-0.25, -0.2) is 4.72 Å². The van der Waals surface area contributed by atoms with Gasteiger partial charge in [0.25, 0.3) is 0 Å². The van der Waals surface area contributed by atoms with Gasteiger partial charge in [0.2, 0.25) is 0 Å². The summed E-state index contributed by atoms with van der Waals surface area (Å²) in [6.45, 7) is -0.434. The zero-order valence-corrected chi connectivity index (χ0v) is 7.63. The van der Waals surface area contributed by atoms with Gasteiger partial charge in [0, 0.05) is 0 Å². The highest BCUT2D eigenvalue weighted by Crippen LogP contribution is 2.19. The second-order valence-corrected chi connectivity index (χ2v) is 3.14. The van der Waals surface area contributed by atoms with E-state index in [1.54, 1.807) is 0 Å². The smallest absolute Gasteiger partial charge is 0.146 e. The summed E-state index contributed by atoms with van der Waals surface area (Å²) in [5.74, 6) is 0. The summed E-state index contributed by atoms with van der Waals surface area (Å²) in [4.78, 5) is 0. The summed E-state index contributed by atoms with van der Waals surface area (Å²) in [6, 6.07) is 0. The minimum Gasteiger partial charge on any atom is -0.394 e. The third-order valence-corrected chi connectivity index (χ3v) is 2.27. The van der Waals surface area contributed by atoms with Crippen LogP contribution in [0.5, 0.6) is 0 Å². The number of hydrogen-bond donors (Lipinski definition) is 6. The van der Waals surface area contributed by atoms with Crippen LogP contribution in [0.4, 0.5) is 0 Å². The number of nitrogens with one attached hydrogen (secondary N) is 1. The van der Waals surface area contributed by atoms with Crippen molar-refractivity contribution in [2.24, 2.45) is 0 Å². The first-order valence-corrected chi connectivity index (χ1v) is 4.26. The standard InChI is InChI=1S/C6H13NO5S/c8-1-2-3(9)4(10)5(11)6(7-13)12-2/h2-11,13H,1H2/t2-,3-,4+,5-,6-/m1/s1. The molecule has 0 aromatic heterocycles. The van der Waals surface area contributed by atoms with E-state index < -0.39 is 37.3 Å². The van der Waals surface area contributed by atoms with Gasteiger partial charge in [-0.2, -0.15) is 0 Å². The molecule has 1 rings (SSSR count). The first-order chi connectivity index (χ1) is 6.11. The first kappa shape index (κ1) is 11.2. The predicted molar refractivity (Wildman–Crippen MR) is 45.9 cm³/mol. The Labute approximate surface area is 80.7 Å². The van der Waals surface area contributed by atoms with Crippen LogP contribution in [0.25, 0.3) is 0 Å². The van der Waals surface area contributed by atoms with E-state index in [9.17, 15) is 15.3 Å². The maximum Gasteiger partial charge on any atom is 0.146 e. The molecule has 0 aliphatic carbocycles. The SMILES string of the molecule is OC[C@H]1O[C@@H](NS)[C@H](O)[C@@H](O)[C@@H]1O. The van der Waals surface area contributed by atoms with Crippen molar-refractivity contribution in [2.45, 2.75) is 30.6 Å². The van der Waals surface area contributed by atoms with E-state index in [0.29, 0.717) is 0 Å². The zero-order chi connectivity index (χ0) is 10.0. The fraction of sp³-hybridized carbons (Fsp3) is 1.00. The summed E-state index contributed by atoms with van der Waals surface area (Å²) in [7, 11) is 0. The van der Waals surface area contributed by atoms with Gasteiger partial charge in [0.05, 0.1) is 6.61 Å². The minimum atomic E-state index is -1.35. The molecule has 1 fully saturated rings. The van der Waals surface area contributed by atoms with Gasteiger partial charge in [-0.05, 0) is 0 Å². The monoisotopic (exact) mass is 211 g/mol. The molecule has 13 heavy (non-hydrogen) atoms. The van der Waals surface area contributed by atoms with Gasteiger partial charge in [-0.15, -0.1) is 0 Å². The van der Waals surface area contributed by atoms with Crippen molar-refractivity contribution in [3.05, 3.63) is 0 Å². The fourth-order valence-corrected chi connectivity index (χ4v) is 1.42. The molecule has 0 spiro atoms. The van der Waals surface area contributed by atoms with Crippen molar-refractivity contribution in [3.8, 4) is 0 Å². The Morgan fingerprint density at radius 1 is 1.15 bits per heavy atom. The van der Waals surface area contributed by atoms with Crippen molar-refractivity contribution in [3.63, 3.8) is 0 Å². The highest BCUT2D eigenvalue weighted by Gasteiger charge is 2.42. The molecule has 7 heteroatoms. The lowest BCUT2D eigenvalue weighted by atomic mass is 9.99.